The molecule has 0 spiro atoms. The van der Waals surface area contributed by atoms with Crippen LogP contribution in [0.25, 0.3) is 22.0 Å². The topological polar surface area (TPSA) is 38.9 Å². The van der Waals surface area contributed by atoms with E-state index in [4.69, 9.17) is 5.73 Å². The number of halogens is 2. The van der Waals surface area contributed by atoms with E-state index < -0.39 is 5.82 Å². The van der Waals surface area contributed by atoms with Crippen LogP contribution < -0.4 is 5.73 Å². The first-order valence-corrected chi connectivity index (χ1v) is 6.18. The summed E-state index contributed by atoms with van der Waals surface area (Å²) in [6.45, 7) is 1.80. The van der Waals surface area contributed by atoms with E-state index in [9.17, 15) is 8.78 Å². The van der Waals surface area contributed by atoms with Gasteiger partial charge in [0.05, 0.1) is 11.1 Å². The summed E-state index contributed by atoms with van der Waals surface area (Å²) in [6, 6.07) is 11.1. The van der Waals surface area contributed by atoms with E-state index in [1.807, 2.05) is 0 Å². The van der Waals surface area contributed by atoms with Crippen LogP contribution in [0.4, 0.5) is 14.6 Å². The molecule has 0 atom stereocenters. The van der Waals surface area contributed by atoms with Crippen molar-refractivity contribution in [2.24, 2.45) is 0 Å². The summed E-state index contributed by atoms with van der Waals surface area (Å²) in [5.41, 5.74) is 7.39. The second-order valence-electron chi connectivity index (χ2n) is 4.66. The third-order valence-corrected chi connectivity index (χ3v) is 3.31. The molecule has 100 valence electrons. The van der Waals surface area contributed by atoms with Gasteiger partial charge in [0.1, 0.15) is 17.5 Å². The van der Waals surface area contributed by atoms with Gasteiger partial charge in [-0.2, -0.15) is 0 Å². The van der Waals surface area contributed by atoms with Gasteiger partial charge in [0.25, 0.3) is 0 Å². The number of hydrogen-bond acceptors (Lipinski definition) is 2. The minimum Gasteiger partial charge on any atom is -0.383 e. The van der Waals surface area contributed by atoms with Crippen molar-refractivity contribution < 1.29 is 8.78 Å². The SMILES string of the molecule is Cc1cccc(F)c1-c1cc2cccc(F)c2c(N)n1. The van der Waals surface area contributed by atoms with E-state index in [-0.39, 0.29) is 17.0 Å². The van der Waals surface area contributed by atoms with Crippen LogP contribution in [0, 0.1) is 18.6 Å². The molecule has 0 aliphatic carbocycles. The molecule has 1 heterocycles. The fourth-order valence-electron chi connectivity index (χ4n) is 2.38. The minimum absolute atomic E-state index is 0.0678. The maximum absolute atomic E-state index is 14.0. The van der Waals surface area contributed by atoms with Gasteiger partial charge in [0, 0.05) is 5.56 Å². The maximum atomic E-state index is 14.0. The summed E-state index contributed by atoms with van der Waals surface area (Å²) in [7, 11) is 0. The molecule has 2 N–H and O–H groups in total. The summed E-state index contributed by atoms with van der Waals surface area (Å²) in [5, 5.41) is 0.875. The highest BCUT2D eigenvalue weighted by atomic mass is 19.1. The Labute approximate surface area is 114 Å². The molecule has 0 aliphatic rings. The van der Waals surface area contributed by atoms with Crippen LogP contribution in [-0.4, -0.2) is 4.98 Å². The fourth-order valence-corrected chi connectivity index (χ4v) is 2.38. The van der Waals surface area contributed by atoms with Crippen LogP contribution >= 0.6 is 0 Å². The molecule has 3 aromatic rings. The predicted molar refractivity (Wildman–Crippen MR) is 76.2 cm³/mol. The van der Waals surface area contributed by atoms with E-state index in [2.05, 4.69) is 4.98 Å². The molecule has 2 nitrogen and oxygen atoms in total. The van der Waals surface area contributed by atoms with Crippen LogP contribution in [-0.2, 0) is 0 Å². The van der Waals surface area contributed by atoms with Crippen molar-refractivity contribution in [2.45, 2.75) is 6.92 Å². The van der Waals surface area contributed by atoms with Crippen molar-refractivity contribution in [3.63, 3.8) is 0 Å². The lowest BCUT2D eigenvalue weighted by atomic mass is 10.0. The molecular weight excluding hydrogens is 258 g/mol. The van der Waals surface area contributed by atoms with Gasteiger partial charge in [0.15, 0.2) is 0 Å². The van der Waals surface area contributed by atoms with Crippen molar-refractivity contribution in [1.29, 1.82) is 0 Å². The van der Waals surface area contributed by atoms with E-state index in [0.29, 0.717) is 16.6 Å². The number of benzene rings is 2. The van der Waals surface area contributed by atoms with Crippen molar-refractivity contribution >= 4 is 16.6 Å². The summed E-state index contributed by atoms with van der Waals surface area (Å²) < 4.78 is 27.7. The van der Waals surface area contributed by atoms with Gasteiger partial charge in [-0.3, -0.25) is 0 Å². The predicted octanol–water partition coefficient (Wildman–Crippen LogP) is 4.07. The number of aryl methyl sites for hydroxylation is 1. The molecule has 0 radical (unpaired) electrons. The molecule has 0 saturated heterocycles. The first-order valence-electron chi connectivity index (χ1n) is 6.18. The summed E-state index contributed by atoms with van der Waals surface area (Å²) in [4.78, 5) is 4.15. The fraction of sp³-hybridized carbons (Fsp3) is 0.0625. The van der Waals surface area contributed by atoms with Gasteiger partial charge in [0.2, 0.25) is 0 Å². The normalized spacial score (nSPS) is 10.9. The Balaban J connectivity index is 2.34. The van der Waals surface area contributed by atoms with E-state index >= 15 is 0 Å². The number of rotatable bonds is 1. The summed E-state index contributed by atoms with van der Waals surface area (Å²) in [6.07, 6.45) is 0. The highest BCUT2D eigenvalue weighted by molar-refractivity contribution is 5.94. The third kappa shape index (κ3) is 1.90. The molecule has 2 aromatic carbocycles. The Morgan fingerprint density at radius 3 is 2.45 bits per heavy atom. The van der Waals surface area contributed by atoms with E-state index in [1.54, 1.807) is 37.3 Å². The lowest BCUT2D eigenvalue weighted by Gasteiger charge is -2.10. The van der Waals surface area contributed by atoms with E-state index in [0.717, 1.165) is 5.56 Å². The molecule has 20 heavy (non-hydrogen) atoms. The lowest BCUT2D eigenvalue weighted by Crippen LogP contribution is -1.98. The van der Waals surface area contributed by atoms with Crippen LogP contribution in [0.3, 0.4) is 0 Å². The molecule has 0 fully saturated rings. The third-order valence-electron chi connectivity index (χ3n) is 3.31. The van der Waals surface area contributed by atoms with Gasteiger partial charge in [-0.15, -0.1) is 0 Å². The van der Waals surface area contributed by atoms with Gasteiger partial charge >= 0.3 is 0 Å². The number of aromatic nitrogens is 1. The number of nitrogens with two attached hydrogens (primary N) is 1. The number of hydrogen-bond donors (Lipinski definition) is 1. The smallest absolute Gasteiger partial charge is 0.134 e. The molecule has 0 unspecified atom stereocenters. The number of fused-ring (bicyclic) bond motifs is 1. The van der Waals surface area contributed by atoms with Gasteiger partial charge in [-0.05, 0) is 36.1 Å². The Morgan fingerprint density at radius 2 is 1.70 bits per heavy atom. The van der Waals surface area contributed by atoms with E-state index in [1.165, 1.54) is 12.1 Å². The Kier molecular flexibility index (Phi) is 2.86. The zero-order valence-corrected chi connectivity index (χ0v) is 10.8. The Hall–Kier alpha value is -2.49. The quantitative estimate of drug-likeness (QED) is 0.724. The summed E-state index contributed by atoms with van der Waals surface area (Å²) in [5.74, 6) is -0.727. The highest BCUT2D eigenvalue weighted by Crippen LogP contribution is 2.31. The zero-order chi connectivity index (χ0) is 14.3. The van der Waals surface area contributed by atoms with Crippen LogP contribution in [0.2, 0.25) is 0 Å². The Morgan fingerprint density at radius 1 is 1.00 bits per heavy atom. The van der Waals surface area contributed by atoms with Crippen molar-refractivity contribution in [3.05, 3.63) is 59.7 Å². The van der Waals surface area contributed by atoms with Crippen LogP contribution in [0.15, 0.2) is 42.5 Å². The molecule has 0 amide bonds. The molecule has 4 heteroatoms. The largest absolute Gasteiger partial charge is 0.383 e. The monoisotopic (exact) mass is 270 g/mol. The van der Waals surface area contributed by atoms with Crippen molar-refractivity contribution in [1.82, 2.24) is 4.98 Å². The van der Waals surface area contributed by atoms with Crippen LogP contribution in [0.5, 0.6) is 0 Å². The number of nitrogens with zero attached hydrogens (tertiary/aromatic N) is 1. The zero-order valence-electron chi connectivity index (χ0n) is 10.8. The van der Waals surface area contributed by atoms with Gasteiger partial charge in [-0.25, -0.2) is 13.8 Å². The molecule has 0 bridgehead atoms. The molecule has 0 saturated carbocycles. The minimum atomic E-state index is -0.427. The average Bonchev–Trinajstić information content (AvgIpc) is 2.38. The lowest BCUT2D eigenvalue weighted by molar-refractivity contribution is 0.629. The van der Waals surface area contributed by atoms with Crippen molar-refractivity contribution in [3.8, 4) is 11.3 Å². The summed E-state index contributed by atoms with van der Waals surface area (Å²) >= 11 is 0. The molecule has 0 aliphatic heterocycles. The molecule has 1 aromatic heterocycles. The molecule has 3 rings (SSSR count). The first-order chi connectivity index (χ1) is 9.58. The van der Waals surface area contributed by atoms with Gasteiger partial charge in [-0.1, -0.05) is 24.3 Å². The number of nitrogen functional groups attached to an aromatic ring is 1. The molecular formula is C16H12F2N2. The Bertz CT molecular complexity index is 793. The average molecular weight is 270 g/mol. The highest BCUT2D eigenvalue weighted by Gasteiger charge is 2.13. The second-order valence-corrected chi connectivity index (χ2v) is 4.66. The van der Waals surface area contributed by atoms with Gasteiger partial charge < -0.3 is 5.73 Å². The van der Waals surface area contributed by atoms with Crippen LogP contribution in [0.1, 0.15) is 5.56 Å². The first kappa shape index (κ1) is 12.5. The van der Waals surface area contributed by atoms with Crippen molar-refractivity contribution in [2.75, 3.05) is 5.73 Å². The standard InChI is InChI=1S/C16H12F2N2/c1-9-4-2-6-11(17)14(9)13-8-10-5-3-7-12(18)15(10)16(19)20-13/h2-8H,1H3,(H2,19,20). The number of pyridine rings is 1. The second kappa shape index (κ2) is 4.56. The number of anilines is 1. The maximum Gasteiger partial charge on any atom is 0.134 e.